The van der Waals surface area contributed by atoms with Gasteiger partial charge < -0.3 is 4.90 Å². The maximum absolute atomic E-state index is 8.86. The predicted octanol–water partition coefficient (Wildman–Crippen LogP) is 3.80. The Hall–Kier alpha value is -1.01. The quantitative estimate of drug-likeness (QED) is 0.787. The number of piperidine rings is 1. The second-order valence-electron chi connectivity index (χ2n) is 5.13. The highest BCUT2D eigenvalue weighted by Crippen LogP contribution is 2.32. The highest BCUT2D eigenvalue weighted by Gasteiger charge is 2.23. The molecule has 3 heteroatoms. The smallest absolute Gasteiger partial charge is 0.0992 e. The van der Waals surface area contributed by atoms with Gasteiger partial charge >= 0.3 is 0 Å². The number of nitrogens with zero attached hydrogens (tertiary/aromatic N) is 2. The van der Waals surface area contributed by atoms with E-state index in [9.17, 15) is 0 Å². The Morgan fingerprint density at radius 1 is 1.29 bits per heavy atom. The van der Waals surface area contributed by atoms with Crippen molar-refractivity contribution in [3.05, 3.63) is 28.2 Å². The molecule has 2 rings (SSSR count). The van der Waals surface area contributed by atoms with E-state index in [4.69, 9.17) is 5.26 Å². The van der Waals surface area contributed by atoms with Crippen molar-refractivity contribution in [2.45, 2.75) is 20.3 Å². The van der Waals surface area contributed by atoms with Gasteiger partial charge in [-0.1, -0.05) is 13.8 Å². The SMILES string of the molecule is CC1CC(C)CN(c2ccc(C#N)cc2Br)C1. The van der Waals surface area contributed by atoms with Crippen LogP contribution in [0.15, 0.2) is 22.7 Å². The summed E-state index contributed by atoms with van der Waals surface area (Å²) in [7, 11) is 0. The van der Waals surface area contributed by atoms with Crippen molar-refractivity contribution >= 4 is 21.6 Å². The molecule has 0 N–H and O–H groups in total. The van der Waals surface area contributed by atoms with Gasteiger partial charge in [-0.3, -0.25) is 0 Å². The van der Waals surface area contributed by atoms with E-state index >= 15 is 0 Å². The lowest BCUT2D eigenvalue weighted by Crippen LogP contribution is -2.38. The lowest BCUT2D eigenvalue weighted by Gasteiger charge is -2.37. The van der Waals surface area contributed by atoms with E-state index in [-0.39, 0.29) is 0 Å². The lowest BCUT2D eigenvalue weighted by molar-refractivity contribution is 0.356. The van der Waals surface area contributed by atoms with Gasteiger partial charge in [-0.25, -0.2) is 0 Å². The molecule has 1 heterocycles. The molecule has 0 aromatic heterocycles. The Morgan fingerprint density at radius 3 is 2.47 bits per heavy atom. The van der Waals surface area contributed by atoms with E-state index in [0.29, 0.717) is 5.56 Å². The van der Waals surface area contributed by atoms with E-state index in [1.807, 2.05) is 18.2 Å². The third-order valence-electron chi connectivity index (χ3n) is 3.29. The first-order valence-electron chi connectivity index (χ1n) is 6.04. The first-order valence-corrected chi connectivity index (χ1v) is 6.84. The zero-order chi connectivity index (χ0) is 12.4. The molecular weight excluding hydrogens is 276 g/mol. The number of benzene rings is 1. The van der Waals surface area contributed by atoms with Crippen LogP contribution < -0.4 is 4.90 Å². The second-order valence-corrected chi connectivity index (χ2v) is 5.98. The molecule has 0 radical (unpaired) electrons. The topological polar surface area (TPSA) is 27.0 Å². The summed E-state index contributed by atoms with van der Waals surface area (Å²) >= 11 is 3.57. The summed E-state index contributed by atoms with van der Waals surface area (Å²) in [6.07, 6.45) is 1.31. The molecule has 1 aromatic carbocycles. The number of halogens is 1. The standard InChI is InChI=1S/C14H17BrN2/c1-10-5-11(2)9-17(8-10)14-4-3-12(7-16)6-13(14)15/h3-4,6,10-11H,5,8-9H2,1-2H3. The van der Waals surface area contributed by atoms with Gasteiger partial charge in [0.2, 0.25) is 0 Å². The minimum atomic E-state index is 0.707. The molecule has 1 aromatic rings. The molecule has 1 fully saturated rings. The van der Waals surface area contributed by atoms with Crippen molar-refractivity contribution in [2.24, 2.45) is 11.8 Å². The van der Waals surface area contributed by atoms with Crippen LogP contribution in [-0.2, 0) is 0 Å². The number of rotatable bonds is 1. The fraction of sp³-hybridized carbons (Fsp3) is 0.500. The molecule has 0 amide bonds. The van der Waals surface area contributed by atoms with Gasteiger partial charge in [0.1, 0.15) is 0 Å². The fourth-order valence-corrected chi connectivity index (χ4v) is 3.32. The summed E-state index contributed by atoms with van der Waals surface area (Å²) in [6.45, 7) is 6.82. The van der Waals surface area contributed by atoms with Crippen LogP contribution in [0.25, 0.3) is 0 Å². The first-order chi connectivity index (χ1) is 8.10. The molecule has 2 unspecified atom stereocenters. The average molecular weight is 293 g/mol. The van der Waals surface area contributed by atoms with Crippen LogP contribution >= 0.6 is 15.9 Å². The molecule has 1 saturated heterocycles. The molecule has 90 valence electrons. The lowest BCUT2D eigenvalue weighted by atomic mass is 9.91. The molecule has 0 spiro atoms. The van der Waals surface area contributed by atoms with Gasteiger partial charge in [0, 0.05) is 17.6 Å². The molecular formula is C14H17BrN2. The van der Waals surface area contributed by atoms with Crippen molar-refractivity contribution in [2.75, 3.05) is 18.0 Å². The van der Waals surface area contributed by atoms with Crippen molar-refractivity contribution < 1.29 is 0 Å². The van der Waals surface area contributed by atoms with Crippen LogP contribution in [0.4, 0.5) is 5.69 Å². The number of hydrogen-bond acceptors (Lipinski definition) is 2. The van der Waals surface area contributed by atoms with Gasteiger partial charge in [-0.15, -0.1) is 0 Å². The molecule has 1 aliphatic heterocycles. The monoisotopic (exact) mass is 292 g/mol. The summed E-state index contributed by atoms with van der Waals surface area (Å²) < 4.78 is 1.03. The van der Waals surface area contributed by atoms with E-state index in [2.05, 4.69) is 40.7 Å². The average Bonchev–Trinajstić information content (AvgIpc) is 2.27. The van der Waals surface area contributed by atoms with Gasteiger partial charge in [0.15, 0.2) is 0 Å². The van der Waals surface area contributed by atoms with E-state index in [0.717, 1.165) is 29.4 Å². The van der Waals surface area contributed by atoms with Gasteiger partial charge in [-0.2, -0.15) is 5.26 Å². The summed E-state index contributed by atoms with van der Waals surface area (Å²) in [5.74, 6) is 1.47. The fourth-order valence-electron chi connectivity index (χ4n) is 2.69. The zero-order valence-electron chi connectivity index (χ0n) is 10.3. The molecule has 0 bridgehead atoms. The van der Waals surface area contributed by atoms with Gasteiger partial charge in [-0.05, 0) is 52.4 Å². The van der Waals surface area contributed by atoms with Crippen LogP contribution in [0.5, 0.6) is 0 Å². The van der Waals surface area contributed by atoms with Crippen LogP contribution in [0.3, 0.4) is 0 Å². The predicted molar refractivity (Wildman–Crippen MR) is 74.0 cm³/mol. The summed E-state index contributed by atoms with van der Waals surface area (Å²) in [5.41, 5.74) is 1.92. The second kappa shape index (κ2) is 5.10. The minimum absolute atomic E-state index is 0.707. The third-order valence-corrected chi connectivity index (χ3v) is 3.92. The largest absolute Gasteiger partial charge is 0.370 e. The van der Waals surface area contributed by atoms with Crippen molar-refractivity contribution in [3.63, 3.8) is 0 Å². The highest BCUT2D eigenvalue weighted by atomic mass is 79.9. The zero-order valence-corrected chi connectivity index (χ0v) is 11.9. The summed E-state index contributed by atoms with van der Waals surface area (Å²) in [6, 6.07) is 8.01. The van der Waals surface area contributed by atoms with Gasteiger partial charge in [0.05, 0.1) is 17.3 Å². The molecule has 2 atom stereocenters. The van der Waals surface area contributed by atoms with E-state index < -0.39 is 0 Å². The van der Waals surface area contributed by atoms with E-state index in [1.165, 1.54) is 12.1 Å². The maximum atomic E-state index is 8.86. The van der Waals surface area contributed by atoms with Crippen LogP contribution in [-0.4, -0.2) is 13.1 Å². The van der Waals surface area contributed by atoms with Gasteiger partial charge in [0.25, 0.3) is 0 Å². The van der Waals surface area contributed by atoms with Crippen LogP contribution in [0.2, 0.25) is 0 Å². The van der Waals surface area contributed by atoms with Crippen LogP contribution in [0, 0.1) is 23.2 Å². The molecule has 0 saturated carbocycles. The van der Waals surface area contributed by atoms with Crippen molar-refractivity contribution in [3.8, 4) is 6.07 Å². The maximum Gasteiger partial charge on any atom is 0.0992 e. The molecule has 17 heavy (non-hydrogen) atoms. The summed E-state index contributed by atoms with van der Waals surface area (Å²) in [5, 5.41) is 8.86. The molecule has 2 nitrogen and oxygen atoms in total. The first kappa shape index (κ1) is 12.4. The molecule has 0 aliphatic carbocycles. The number of anilines is 1. The normalized spacial score (nSPS) is 24.5. The van der Waals surface area contributed by atoms with Crippen molar-refractivity contribution in [1.82, 2.24) is 0 Å². The molecule has 1 aliphatic rings. The Labute approximate surface area is 111 Å². The van der Waals surface area contributed by atoms with Crippen LogP contribution in [0.1, 0.15) is 25.8 Å². The minimum Gasteiger partial charge on any atom is -0.370 e. The number of nitriles is 1. The van der Waals surface area contributed by atoms with E-state index in [1.54, 1.807) is 0 Å². The van der Waals surface area contributed by atoms with Crippen molar-refractivity contribution in [1.29, 1.82) is 5.26 Å². The Balaban J connectivity index is 2.25. The highest BCUT2D eigenvalue weighted by molar-refractivity contribution is 9.10. The number of hydrogen-bond donors (Lipinski definition) is 0. The Bertz CT molecular complexity index is 440. The summed E-state index contributed by atoms with van der Waals surface area (Å²) in [4.78, 5) is 2.42. The third kappa shape index (κ3) is 2.81. The Kier molecular flexibility index (Phi) is 3.73. The Morgan fingerprint density at radius 2 is 1.94 bits per heavy atom.